The maximum Gasteiger partial charge on any atom is 0.244 e. The van der Waals surface area contributed by atoms with Crippen molar-refractivity contribution < 1.29 is 19.0 Å². The first-order valence-electron chi connectivity index (χ1n) is 13.1. The molecular weight excluding hydrogens is 515 g/mol. The number of rotatable bonds is 9. The number of nitrogens with one attached hydrogen (secondary N) is 3. The molecule has 0 aliphatic carbocycles. The first kappa shape index (κ1) is 27.6. The van der Waals surface area contributed by atoms with Crippen LogP contribution in [0.1, 0.15) is 11.4 Å². The highest BCUT2D eigenvalue weighted by molar-refractivity contribution is 6.06. The molecule has 1 aromatic carbocycles. The van der Waals surface area contributed by atoms with E-state index >= 15 is 4.39 Å². The largest absolute Gasteiger partial charge is 0.390 e. The molecule has 1 fully saturated rings. The second-order valence-electron chi connectivity index (χ2n) is 9.89. The van der Waals surface area contributed by atoms with Gasteiger partial charge in [-0.25, -0.2) is 14.4 Å². The van der Waals surface area contributed by atoms with Gasteiger partial charge in [0.05, 0.1) is 36.3 Å². The van der Waals surface area contributed by atoms with Crippen molar-refractivity contribution in [1.82, 2.24) is 29.7 Å². The van der Waals surface area contributed by atoms with Crippen LogP contribution in [-0.4, -0.2) is 93.7 Å². The van der Waals surface area contributed by atoms with Crippen LogP contribution in [0.3, 0.4) is 0 Å². The van der Waals surface area contributed by atoms with Crippen LogP contribution >= 0.6 is 0 Å². The van der Waals surface area contributed by atoms with Crippen LogP contribution in [0.4, 0.5) is 21.7 Å². The van der Waals surface area contributed by atoms with Crippen molar-refractivity contribution in [1.29, 1.82) is 0 Å². The maximum atomic E-state index is 15.0. The minimum atomic E-state index is -0.585. The standard InChI is InChI=1S/C28H33FN8O3/c1-17-11-18(12-19(15-38)32-17)33-28-31-14-22(29)25(35-28)21-13-30-26-20(21)5-4-6-23(26)34-27(39)24(16-40-3)37-9-7-36(2)8-10-37/h4-6,11-14,24,30,38H,7-10,15-16H2,1-3H3,(H,34,39)(H,31,32,33,35)/t24-/m1/s1. The van der Waals surface area contributed by atoms with Gasteiger partial charge in [-0.15, -0.1) is 0 Å². The Hall–Kier alpha value is -3.97. The number of para-hydroxylation sites is 1. The van der Waals surface area contributed by atoms with Crippen LogP contribution < -0.4 is 10.6 Å². The Bertz CT molecular complexity index is 1500. The molecular formula is C28H33FN8O3. The van der Waals surface area contributed by atoms with Gasteiger partial charge >= 0.3 is 0 Å². The number of aryl methyl sites for hydroxylation is 1. The molecule has 4 heterocycles. The molecule has 5 rings (SSSR count). The van der Waals surface area contributed by atoms with Crippen LogP contribution in [-0.2, 0) is 16.1 Å². The summed E-state index contributed by atoms with van der Waals surface area (Å²) < 4.78 is 20.4. The van der Waals surface area contributed by atoms with Crippen LogP contribution in [0.15, 0.2) is 42.7 Å². The van der Waals surface area contributed by atoms with Crippen LogP contribution in [0.25, 0.3) is 22.2 Å². The molecule has 1 aliphatic heterocycles. The fourth-order valence-electron chi connectivity index (χ4n) is 4.94. The molecule has 4 aromatic rings. The lowest BCUT2D eigenvalue weighted by atomic mass is 10.1. The van der Waals surface area contributed by atoms with E-state index in [0.29, 0.717) is 39.2 Å². The van der Waals surface area contributed by atoms with E-state index in [1.165, 1.54) is 0 Å². The number of aliphatic hydroxyl groups excluding tert-OH is 1. The number of H-pyrrole nitrogens is 1. The van der Waals surface area contributed by atoms with Crippen LogP contribution in [0.5, 0.6) is 0 Å². The molecule has 0 unspecified atom stereocenters. The molecule has 11 nitrogen and oxygen atoms in total. The number of hydrogen-bond donors (Lipinski definition) is 4. The monoisotopic (exact) mass is 548 g/mol. The molecule has 0 bridgehead atoms. The Morgan fingerprint density at radius 1 is 1.23 bits per heavy atom. The topological polar surface area (TPSA) is 132 Å². The van der Waals surface area contributed by atoms with Gasteiger partial charge in [0.1, 0.15) is 11.7 Å². The zero-order valence-corrected chi connectivity index (χ0v) is 22.7. The predicted molar refractivity (Wildman–Crippen MR) is 151 cm³/mol. The SMILES string of the molecule is COC[C@H](C(=O)Nc1cccc2c(-c3nc(Nc4cc(C)nc(CO)c4)ncc3F)c[nH]c12)N1CCN(C)CC1. The van der Waals surface area contributed by atoms with Gasteiger partial charge in [0.15, 0.2) is 5.82 Å². The van der Waals surface area contributed by atoms with Crippen molar-refractivity contribution >= 4 is 34.1 Å². The lowest BCUT2D eigenvalue weighted by molar-refractivity contribution is -0.124. The molecule has 1 saturated heterocycles. The van der Waals surface area contributed by atoms with E-state index in [9.17, 15) is 9.90 Å². The first-order valence-corrected chi connectivity index (χ1v) is 13.1. The summed E-state index contributed by atoms with van der Waals surface area (Å²) >= 11 is 0. The number of methoxy groups -OCH3 is 1. The second kappa shape index (κ2) is 12.0. The minimum Gasteiger partial charge on any atom is -0.390 e. The Balaban J connectivity index is 1.41. The fraction of sp³-hybridized carbons (Fsp3) is 0.357. The average molecular weight is 549 g/mol. The fourth-order valence-corrected chi connectivity index (χ4v) is 4.94. The van der Waals surface area contributed by atoms with E-state index in [-0.39, 0.29) is 30.8 Å². The Labute approximate surface area is 231 Å². The number of piperazine rings is 1. The molecule has 4 N–H and O–H groups in total. The Morgan fingerprint density at radius 3 is 2.77 bits per heavy atom. The molecule has 0 spiro atoms. The lowest BCUT2D eigenvalue weighted by Crippen LogP contribution is -2.54. The third-order valence-electron chi connectivity index (χ3n) is 7.00. The van der Waals surface area contributed by atoms with E-state index in [2.05, 4.69) is 47.4 Å². The molecule has 40 heavy (non-hydrogen) atoms. The average Bonchev–Trinajstić information content (AvgIpc) is 3.38. The van der Waals surface area contributed by atoms with E-state index in [4.69, 9.17) is 4.74 Å². The summed E-state index contributed by atoms with van der Waals surface area (Å²) in [7, 11) is 3.66. The number of likely N-dealkylation sites (N-methyl/N-ethyl adjacent to an activating group) is 1. The van der Waals surface area contributed by atoms with Crippen LogP contribution in [0.2, 0.25) is 0 Å². The number of aromatic amines is 1. The smallest absolute Gasteiger partial charge is 0.244 e. The van der Waals surface area contributed by atoms with Gasteiger partial charge in [0.2, 0.25) is 11.9 Å². The van der Waals surface area contributed by atoms with Gasteiger partial charge in [-0.1, -0.05) is 12.1 Å². The molecule has 1 aliphatic rings. The number of halogens is 1. The number of fused-ring (bicyclic) bond motifs is 1. The Morgan fingerprint density at radius 2 is 2.02 bits per heavy atom. The number of carbonyl (C=O) groups is 1. The van der Waals surface area contributed by atoms with Crippen molar-refractivity contribution in [3.8, 4) is 11.3 Å². The zero-order valence-electron chi connectivity index (χ0n) is 22.7. The number of benzene rings is 1. The van der Waals surface area contributed by atoms with Gasteiger partial charge in [-0.3, -0.25) is 14.7 Å². The normalized spacial score (nSPS) is 15.3. The summed E-state index contributed by atoms with van der Waals surface area (Å²) in [5.41, 5.74) is 3.72. The number of aromatic nitrogens is 4. The van der Waals surface area contributed by atoms with Gasteiger partial charge in [-0.05, 0) is 32.2 Å². The molecule has 12 heteroatoms. The summed E-state index contributed by atoms with van der Waals surface area (Å²) in [4.78, 5) is 33.7. The number of pyridine rings is 1. The third-order valence-corrected chi connectivity index (χ3v) is 7.00. The summed E-state index contributed by atoms with van der Waals surface area (Å²) in [6, 6.07) is 8.50. The first-order chi connectivity index (χ1) is 19.4. The van der Waals surface area contributed by atoms with Crippen molar-refractivity contribution in [3.63, 3.8) is 0 Å². The number of anilines is 3. The highest BCUT2D eigenvalue weighted by atomic mass is 19.1. The van der Waals surface area contributed by atoms with Gasteiger partial charge in [-0.2, -0.15) is 0 Å². The highest BCUT2D eigenvalue weighted by Crippen LogP contribution is 2.33. The molecule has 0 radical (unpaired) electrons. The van der Waals surface area contributed by atoms with Crippen molar-refractivity contribution in [3.05, 3.63) is 59.9 Å². The lowest BCUT2D eigenvalue weighted by Gasteiger charge is -2.36. The van der Waals surface area contributed by atoms with Gasteiger partial charge in [0.25, 0.3) is 0 Å². The predicted octanol–water partition coefficient (Wildman–Crippen LogP) is 2.90. The van der Waals surface area contributed by atoms with Crippen molar-refractivity contribution in [2.75, 3.05) is 57.6 Å². The number of nitrogens with zero attached hydrogens (tertiary/aromatic N) is 5. The number of hydrogen-bond acceptors (Lipinski definition) is 9. The van der Waals surface area contributed by atoms with E-state index in [1.807, 2.05) is 25.1 Å². The molecule has 0 saturated carbocycles. The van der Waals surface area contributed by atoms with Crippen molar-refractivity contribution in [2.24, 2.45) is 0 Å². The number of carbonyl (C=O) groups excluding carboxylic acids is 1. The summed E-state index contributed by atoms with van der Waals surface area (Å²) in [6.45, 7) is 5.20. The molecule has 1 amide bonds. The van der Waals surface area contributed by atoms with Crippen LogP contribution in [0, 0.1) is 12.7 Å². The quantitative estimate of drug-likeness (QED) is 0.249. The van der Waals surface area contributed by atoms with E-state index < -0.39 is 11.9 Å². The molecule has 210 valence electrons. The van der Waals surface area contributed by atoms with E-state index in [1.54, 1.807) is 25.4 Å². The number of aliphatic hydroxyl groups is 1. The highest BCUT2D eigenvalue weighted by Gasteiger charge is 2.29. The summed E-state index contributed by atoms with van der Waals surface area (Å²) in [6.07, 6.45) is 2.78. The number of ether oxygens (including phenoxy) is 1. The van der Waals surface area contributed by atoms with Gasteiger partial charge < -0.3 is 30.4 Å². The third kappa shape index (κ3) is 5.94. The number of amides is 1. The summed E-state index contributed by atoms with van der Waals surface area (Å²) in [5, 5.41) is 16.3. The minimum absolute atomic E-state index is 0.107. The van der Waals surface area contributed by atoms with E-state index in [0.717, 1.165) is 32.4 Å². The molecule has 3 aromatic heterocycles. The zero-order chi connectivity index (χ0) is 28.2. The van der Waals surface area contributed by atoms with Crippen molar-refractivity contribution in [2.45, 2.75) is 19.6 Å². The maximum absolute atomic E-state index is 15.0. The summed E-state index contributed by atoms with van der Waals surface area (Å²) in [5.74, 6) is -0.554. The second-order valence-corrected chi connectivity index (χ2v) is 9.89. The molecule has 1 atom stereocenters. The van der Waals surface area contributed by atoms with Gasteiger partial charge in [0, 0.05) is 61.8 Å². The Kier molecular flexibility index (Phi) is 8.31.